The van der Waals surface area contributed by atoms with Crippen LogP contribution in [-0.2, 0) is 4.79 Å². The van der Waals surface area contributed by atoms with Crippen molar-refractivity contribution in [3.05, 3.63) is 47.0 Å². The Bertz CT molecular complexity index is 870. The fourth-order valence-electron chi connectivity index (χ4n) is 3.17. The molecule has 1 aromatic heterocycles. The molecule has 3 amide bonds. The molecule has 2 unspecified atom stereocenters. The molecule has 1 aliphatic heterocycles. The predicted octanol–water partition coefficient (Wildman–Crippen LogP) is 3.21. The van der Waals surface area contributed by atoms with Crippen LogP contribution in [0, 0.1) is 11.9 Å². The van der Waals surface area contributed by atoms with Gasteiger partial charge >= 0.3 is 12.2 Å². The summed E-state index contributed by atoms with van der Waals surface area (Å²) in [5.74, 6) is -3.04. The van der Waals surface area contributed by atoms with Crippen LogP contribution >= 0.6 is 11.6 Å². The van der Waals surface area contributed by atoms with Crippen molar-refractivity contribution in [3.8, 4) is 0 Å². The van der Waals surface area contributed by atoms with Gasteiger partial charge in [-0.05, 0) is 24.1 Å². The highest BCUT2D eigenvalue weighted by Gasteiger charge is 2.43. The zero-order chi connectivity index (χ0) is 21.3. The summed E-state index contributed by atoms with van der Waals surface area (Å²) in [4.78, 5) is 30.9. The Morgan fingerprint density at radius 3 is 2.72 bits per heavy atom. The van der Waals surface area contributed by atoms with Crippen LogP contribution in [0.15, 0.2) is 41.1 Å². The molecule has 2 aliphatic rings. The van der Waals surface area contributed by atoms with Crippen molar-refractivity contribution in [1.29, 1.82) is 0 Å². The van der Waals surface area contributed by atoms with Crippen LogP contribution in [0.25, 0.3) is 0 Å². The number of allylic oxidation sites excluding steroid dienone is 2. The van der Waals surface area contributed by atoms with Gasteiger partial charge in [-0.3, -0.25) is 9.69 Å². The molecule has 0 bridgehead atoms. The molecule has 1 saturated heterocycles. The molecule has 6 nitrogen and oxygen atoms in total. The van der Waals surface area contributed by atoms with E-state index in [0.717, 1.165) is 6.07 Å². The van der Waals surface area contributed by atoms with E-state index in [1.165, 1.54) is 41.3 Å². The summed E-state index contributed by atoms with van der Waals surface area (Å²) in [6.07, 6.45) is -0.736. The van der Waals surface area contributed by atoms with Crippen molar-refractivity contribution < 1.29 is 27.2 Å². The average molecular weight is 433 g/mol. The van der Waals surface area contributed by atoms with Gasteiger partial charge in [0, 0.05) is 18.6 Å². The molecule has 1 aliphatic carbocycles. The molecule has 156 valence electrons. The topological polar surface area (TPSA) is 65.5 Å². The van der Waals surface area contributed by atoms with Gasteiger partial charge in [0.05, 0.1) is 24.3 Å². The fraction of sp³-hybridized carbons (Fsp3) is 0.389. The molecule has 3 rings (SSSR count). The van der Waals surface area contributed by atoms with Gasteiger partial charge in [-0.2, -0.15) is 17.6 Å². The van der Waals surface area contributed by atoms with E-state index in [4.69, 9.17) is 11.6 Å². The normalized spacial score (nSPS) is 22.5. The molecular weight excluding hydrogens is 416 g/mol. The van der Waals surface area contributed by atoms with Crippen molar-refractivity contribution in [2.75, 3.05) is 25.0 Å². The Hall–Kier alpha value is -2.62. The first-order chi connectivity index (χ1) is 13.6. The van der Waals surface area contributed by atoms with Gasteiger partial charge < -0.3 is 10.2 Å². The van der Waals surface area contributed by atoms with Crippen molar-refractivity contribution in [1.82, 2.24) is 15.2 Å². The minimum absolute atomic E-state index is 0.0116. The van der Waals surface area contributed by atoms with Gasteiger partial charge in [0.25, 0.3) is 0 Å². The van der Waals surface area contributed by atoms with Crippen molar-refractivity contribution in [3.63, 3.8) is 0 Å². The van der Waals surface area contributed by atoms with Gasteiger partial charge in [0.1, 0.15) is 6.04 Å². The maximum Gasteiger partial charge on any atom is 0.396 e. The number of nitrogens with zero attached hydrogens (tertiary/aromatic N) is 3. The smallest absolute Gasteiger partial charge is 0.350 e. The van der Waals surface area contributed by atoms with Gasteiger partial charge in [-0.15, -0.1) is 0 Å². The fourth-order valence-corrected chi connectivity index (χ4v) is 3.52. The molecule has 0 radical (unpaired) electrons. The number of carbonyl (C=O) groups excluding carboxylic acids is 2. The van der Waals surface area contributed by atoms with Crippen LogP contribution in [0.5, 0.6) is 0 Å². The van der Waals surface area contributed by atoms with Crippen molar-refractivity contribution >= 4 is 29.2 Å². The van der Waals surface area contributed by atoms with E-state index in [-0.39, 0.29) is 30.1 Å². The second-order valence-electron chi connectivity index (χ2n) is 6.68. The van der Waals surface area contributed by atoms with E-state index in [2.05, 4.69) is 10.3 Å². The number of alkyl halides is 3. The highest BCUT2D eigenvalue weighted by Crippen LogP contribution is 2.40. The summed E-state index contributed by atoms with van der Waals surface area (Å²) in [5, 5.41) is 2.18. The van der Waals surface area contributed by atoms with E-state index in [1.807, 2.05) is 0 Å². The van der Waals surface area contributed by atoms with Crippen LogP contribution in [0.2, 0.25) is 0 Å². The number of pyridine rings is 1. The van der Waals surface area contributed by atoms with E-state index >= 15 is 0 Å². The Kier molecular flexibility index (Phi) is 5.83. The number of likely N-dealkylation sites (N-methyl/N-ethyl adjacent to an activating group) is 1. The third-order valence-corrected chi connectivity index (χ3v) is 5.34. The SMILES string of the molecule is CN1C(=O)N(c2ccc(F)nc2)CC1C(=O)NCC1=C(Cl)C(C(F)(F)F)CC=C1. The lowest BCUT2D eigenvalue weighted by molar-refractivity contribution is -0.161. The lowest BCUT2D eigenvalue weighted by atomic mass is 9.95. The monoisotopic (exact) mass is 432 g/mol. The van der Waals surface area contributed by atoms with E-state index < -0.39 is 36.0 Å². The number of hydrogen-bond acceptors (Lipinski definition) is 3. The minimum Gasteiger partial charge on any atom is -0.350 e. The summed E-state index contributed by atoms with van der Waals surface area (Å²) in [6, 6.07) is 1.10. The maximum absolute atomic E-state index is 13.0. The van der Waals surface area contributed by atoms with Gasteiger partial charge in [0.2, 0.25) is 11.9 Å². The average Bonchev–Trinajstić information content (AvgIpc) is 2.96. The summed E-state index contributed by atoms with van der Waals surface area (Å²) >= 11 is 5.89. The Morgan fingerprint density at radius 2 is 2.10 bits per heavy atom. The molecule has 1 N–H and O–H groups in total. The largest absolute Gasteiger partial charge is 0.396 e. The highest BCUT2D eigenvalue weighted by atomic mass is 35.5. The first kappa shape index (κ1) is 21.1. The number of aromatic nitrogens is 1. The standard InChI is InChI=1S/C18H17ClF4N4O2/c1-26-13(9-27(17(26)29)11-5-6-14(20)24-8-11)16(28)25-7-10-3-2-4-12(15(10)19)18(21,22)23/h2-3,5-6,8,12-13H,4,7,9H2,1H3,(H,25,28). The first-order valence-corrected chi connectivity index (χ1v) is 9.02. The van der Waals surface area contributed by atoms with Gasteiger partial charge in [0.15, 0.2) is 0 Å². The van der Waals surface area contributed by atoms with E-state index in [1.54, 1.807) is 0 Å². The predicted molar refractivity (Wildman–Crippen MR) is 97.7 cm³/mol. The van der Waals surface area contributed by atoms with Crippen LogP contribution in [0.4, 0.5) is 28.0 Å². The lowest BCUT2D eigenvalue weighted by Crippen LogP contribution is -2.44. The highest BCUT2D eigenvalue weighted by molar-refractivity contribution is 6.30. The van der Waals surface area contributed by atoms with Gasteiger partial charge in [-0.1, -0.05) is 23.8 Å². The number of nitrogens with one attached hydrogen (secondary N) is 1. The Balaban J connectivity index is 1.67. The van der Waals surface area contributed by atoms with Crippen LogP contribution in [-0.4, -0.2) is 54.2 Å². The van der Waals surface area contributed by atoms with Crippen LogP contribution in [0.3, 0.4) is 0 Å². The third-order valence-electron chi connectivity index (χ3n) is 4.83. The molecule has 2 heterocycles. The van der Waals surface area contributed by atoms with Crippen molar-refractivity contribution in [2.24, 2.45) is 5.92 Å². The molecule has 0 spiro atoms. The number of hydrogen-bond donors (Lipinski definition) is 1. The summed E-state index contributed by atoms with van der Waals surface area (Å²) in [6.45, 7) is -0.209. The molecule has 1 aromatic rings. The number of carbonyl (C=O) groups is 2. The minimum atomic E-state index is -4.47. The maximum atomic E-state index is 13.0. The number of rotatable bonds is 4. The summed E-state index contributed by atoms with van der Waals surface area (Å²) < 4.78 is 52.0. The number of halogens is 5. The third kappa shape index (κ3) is 4.36. The Morgan fingerprint density at radius 1 is 1.38 bits per heavy atom. The van der Waals surface area contributed by atoms with Gasteiger partial charge in [-0.25, -0.2) is 9.78 Å². The lowest BCUT2D eigenvalue weighted by Gasteiger charge is -2.24. The second kappa shape index (κ2) is 8.02. The molecule has 29 heavy (non-hydrogen) atoms. The molecule has 0 aromatic carbocycles. The second-order valence-corrected chi connectivity index (χ2v) is 7.09. The molecule has 1 fully saturated rings. The molecular formula is C18H17ClF4N4O2. The Labute approximate surface area is 168 Å². The number of anilines is 1. The molecule has 11 heteroatoms. The van der Waals surface area contributed by atoms with E-state index in [0.29, 0.717) is 5.69 Å². The molecule has 0 saturated carbocycles. The first-order valence-electron chi connectivity index (χ1n) is 8.65. The van der Waals surface area contributed by atoms with Crippen molar-refractivity contribution in [2.45, 2.75) is 18.6 Å². The number of urea groups is 1. The van der Waals surface area contributed by atoms with E-state index in [9.17, 15) is 27.2 Å². The quantitative estimate of drug-likeness (QED) is 0.587. The summed E-state index contributed by atoms with van der Waals surface area (Å²) in [5.41, 5.74) is 0.493. The number of amides is 3. The van der Waals surface area contributed by atoms with Crippen LogP contribution in [0.1, 0.15) is 6.42 Å². The zero-order valence-corrected chi connectivity index (χ0v) is 16.0. The van der Waals surface area contributed by atoms with Crippen LogP contribution < -0.4 is 10.2 Å². The summed E-state index contributed by atoms with van der Waals surface area (Å²) in [7, 11) is 1.43. The molecule has 2 atom stereocenters. The zero-order valence-electron chi connectivity index (χ0n) is 15.2.